The molecule has 0 spiro atoms. The summed E-state index contributed by atoms with van der Waals surface area (Å²) in [6.45, 7) is 0. The maximum Gasteiger partial charge on any atom is 0.243 e. The minimum absolute atomic E-state index is 0.0756. The van der Waals surface area contributed by atoms with Gasteiger partial charge in [-0.2, -0.15) is 5.26 Å². The molecule has 1 aliphatic rings. The first kappa shape index (κ1) is 13.0. The summed E-state index contributed by atoms with van der Waals surface area (Å²) in [6, 6.07) is 4.51. The molecule has 2 rings (SSSR count). The van der Waals surface area contributed by atoms with E-state index < -0.39 is 10.0 Å². The molecule has 0 atom stereocenters. The molecule has 0 saturated heterocycles. The van der Waals surface area contributed by atoms with E-state index >= 15 is 0 Å². The van der Waals surface area contributed by atoms with Crippen molar-refractivity contribution < 1.29 is 13.2 Å². The van der Waals surface area contributed by atoms with Gasteiger partial charge in [0.15, 0.2) is 5.69 Å². The Morgan fingerprint density at radius 3 is 2.89 bits per heavy atom. The molecule has 18 heavy (non-hydrogen) atoms. The molecule has 7 heteroatoms. The standard InChI is InChI=1S/C11H13N3O3S/c1-17-9-5-8(6-9)14-18(15,16)11-3-2-4-13-10(11)7-12/h2-4,8-9,14H,5-6H2,1H3. The van der Waals surface area contributed by atoms with E-state index in [4.69, 9.17) is 10.00 Å². The molecule has 1 fully saturated rings. The van der Waals surface area contributed by atoms with Crippen molar-refractivity contribution in [3.05, 3.63) is 24.0 Å². The normalized spacial score (nSPS) is 23.1. The van der Waals surface area contributed by atoms with Crippen molar-refractivity contribution in [1.29, 1.82) is 5.26 Å². The van der Waals surface area contributed by atoms with Crippen molar-refractivity contribution in [3.8, 4) is 6.07 Å². The van der Waals surface area contributed by atoms with Crippen molar-refractivity contribution >= 4 is 10.0 Å². The molecule has 1 aromatic heterocycles. The summed E-state index contributed by atoms with van der Waals surface area (Å²) in [6.07, 6.45) is 2.81. The number of methoxy groups -OCH3 is 1. The first-order valence-electron chi connectivity index (χ1n) is 5.47. The highest BCUT2D eigenvalue weighted by Crippen LogP contribution is 2.24. The van der Waals surface area contributed by atoms with Gasteiger partial charge in [-0.05, 0) is 25.0 Å². The minimum atomic E-state index is -3.69. The molecule has 0 bridgehead atoms. The van der Waals surface area contributed by atoms with Crippen LogP contribution >= 0.6 is 0 Å². The van der Waals surface area contributed by atoms with Gasteiger partial charge in [-0.15, -0.1) is 0 Å². The van der Waals surface area contributed by atoms with Crippen LogP contribution in [0.2, 0.25) is 0 Å². The minimum Gasteiger partial charge on any atom is -0.381 e. The maximum absolute atomic E-state index is 12.1. The first-order chi connectivity index (χ1) is 8.56. The zero-order valence-corrected chi connectivity index (χ0v) is 10.6. The number of nitriles is 1. The smallest absolute Gasteiger partial charge is 0.243 e. The highest BCUT2D eigenvalue weighted by molar-refractivity contribution is 7.89. The van der Waals surface area contributed by atoms with Gasteiger partial charge in [0.05, 0.1) is 6.10 Å². The molecule has 0 amide bonds. The lowest BCUT2D eigenvalue weighted by Gasteiger charge is -2.34. The topological polar surface area (TPSA) is 92.1 Å². The molecular formula is C11H13N3O3S. The Balaban J connectivity index is 2.15. The second-order valence-corrected chi connectivity index (χ2v) is 5.79. The van der Waals surface area contributed by atoms with E-state index in [1.165, 1.54) is 18.3 Å². The molecule has 0 aliphatic heterocycles. The molecule has 96 valence electrons. The van der Waals surface area contributed by atoms with E-state index in [9.17, 15) is 8.42 Å². The van der Waals surface area contributed by atoms with Crippen LogP contribution in [0.5, 0.6) is 0 Å². The van der Waals surface area contributed by atoms with Gasteiger partial charge in [-0.25, -0.2) is 18.1 Å². The third-order valence-corrected chi connectivity index (χ3v) is 4.47. The summed E-state index contributed by atoms with van der Waals surface area (Å²) < 4.78 is 31.8. The number of hydrogen-bond donors (Lipinski definition) is 1. The lowest BCUT2D eigenvalue weighted by atomic mass is 9.90. The zero-order chi connectivity index (χ0) is 13.2. The predicted octanol–water partition coefficient (Wildman–Crippen LogP) is 0.409. The quantitative estimate of drug-likeness (QED) is 0.853. The molecule has 0 aromatic carbocycles. The third-order valence-electron chi connectivity index (χ3n) is 2.92. The largest absolute Gasteiger partial charge is 0.381 e. The van der Waals surface area contributed by atoms with Crippen molar-refractivity contribution in [2.24, 2.45) is 0 Å². The van der Waals surface area contributed by atoms with E-state index in [0.29, 0.717) is 12.8 Å². The highest BCUT2D eigenvalue weighted by atomic mass is 32.2. The molecule has 1 aliphatic carbocycles. The summed E-state index contributed by atoms with van der Waals surface area (Å²) in [5, 5.41) is 8.84. The highest BCUT2D eigenvalue weighted by Gasteiger charge is 2.33. The number of ether oxygens (including phenoxy) is 1. The molecule has 1 heterocycles. The summed E-state index contributed by atoms with van der Waals surface area (Å²) in [5.41, 5.74) is -0.0902. The van der Waals surface area contributed by atoms with Gasteiger partial charge in [-0.1, -0.05) is 0 Å². The Morgan fingerprint density at radius 2 is 2.28 bits per heavy atom. The van der Waals surface area contributed by atoms with Crippen LogP contribution in [-0.2, 0) is 14.8 Å². The fourth-order valence-corrected chi connectivity index (χ4v) is 3.20. The van der Waals surface area contributed by atoms with Crippen molar-refractivity contribution in [2.45, 2.75) is 29.9 Å². The SMILES string of the molecule is COC1CC(NS(=O)(=O)c2cccnc2C#N)C1. The molecule has 6 nitrogen and oxygen atoms in total. The Hall–Kier alpha value is -1.49. The molecule has 1 saturated carbocycles. The Kier molecular flexibility index (Phi) is 3.61. The van der Waals surface area contributed by atoms with Gasteiger partial charge in [0.25, 0.3) is 0 Å². The summed E-state index contributed by atoms with van der Waals surface area (Å²) in [4.78, 5) is 3.67. The van der Waals surface area contributed by atoms with Crippen LogP contribution in [0, 0.1) is 11.3 Å². The summed E-state index contributed by atoms with van der Waals surface area (Å²) >= 11 is 0. The zero-order valence-electron chi connectivity index (χ0n) is 9.83. The Morgan fingerprint density at radius 1 is 1.56 bits per heavy atom. The van der Waals surface area contributed by atoms with Crippen LogP contribution in [0.4, 0.5) is 0 Å². The number of nitrogens with zero attached hydrogens (tertiary/aromatic N) is 2. The predicted molar refractivity (Wildman–Crippen MR) is 63.1 cm³/mol. The van der Waals surface area contributed by atoms with Gasteiger partial charge >= 0.3 is 0 Å². The van der Waals surface area contributed by atoms with Gasteiger partial charge in [0, 0.05) is 19.3 Å². The van der Waals surface area contributed by atoms with E-state index in [1.807, 2.05) is 0 Å². The van der Waals surface area contributed by atoms with E-state index in [1.54, 1.807) is 13.2 Å². The molecule has 1 aromatic rings. The Labute approximate surface area is 106 Å². The van der Waals surface area contributed by atoms with Crippen LogP contribution in [0.1, 0.15) is 18.5 Å². The number of aromatic nitrogens is 1. The van der Waals surface area contributed by atoms with E-state index in [-0.39, 0.29) is 22.7 Å². The molecule has 0 radical (unpaired) electrons. The van der Waals surface area contributed by atoms with Crippen molar-refractivity contribution in [3.63, 3.8) is 0 Å². The van der Waals surface area contributed by atoms with Gasteiger partial charge in [0.2, 0.25) is 10.0 Å². The molecular weight excluding hydrogens is 254 g/mol. The second kappa shape index (κ2) is 5.02. The monoisotopic (exact) mass is 267 g/mol. The summed E-state index contributed by atoms with van der Waals surface area (Å²) in [5.74, 6) is 0. The van der Waals surface area contributed by atoms with Crippen LogP contribution < -0.4 is 4.72 Å². The number of sulfonamides is 1. The Bertz CT molecular complexity index is 573. The van der Waals surface area contributed by atoms with E-state index in [0.717, 1.165) is 0 Å². The lowest BCUT2D eigenvalue weighted by molar-refractivity contribution is 0.0236. The van der Waals surface area contributed by atoms with Crippen molar-refractivity contribution in [2.75, 3.05) is 7.11 Å². The first-order valence-corrected chi connectivity index (χ1v) is 6.95. The number of hydrogen-bond acceptors (Lipinski definition) is 5. The van der Waals surface area contributed by atoms with Crippen LogP contribution in [0.15, 0.2) is 23.2 Å². The summed E-state index contributed by atoms with van der Waals surface area (Å²) in [7, 11) is -2.08. The third kappa shape index (κ3) is 2.51. The maximum atomic E-state index is 12.1. The van der Waals surface area contributed by atoms with Gasteiger partial charge in [-0.3, -0.25) is 0 Å². The number of rotatable bonds is 4. The fourth-order valence-electron chi connectivity index (χ4n) is 1.83. The van der Waals surface area contributed by atoms with Gasteiger partial charge in [0.1, 0.15) is 11.0 Å². The number of nitrogens with one attached hydrogen (secondary N) is 1. The number of pyridine rings is 1. The van der Waals surface area contributed by atoms with Gasteiger partial charge < -0.3 is 4.74 Å². The van der Waals surface area contributed by atoms with Crippen LogP contribution in [0.25, 0.3) is 0 Å². The fraction of sp³-hybridized carbons (Fsp3) is 0.455. The van der Waals surface area contributed by atoms with Crippen LogP contribution in [-0.4, -0.2) is 32.7 Å². The second-order valence-electron chi connectivity index (χ2n) is 4.11. The average molecular weight is 267 g/mol. The average Bonchev–Trinajstić information content (AvgIpc) is 2.33. The van der Waals surface area contributed by atoms with Crippen LogP contribution in [0.3, 0.4) is 0 Å². The molecule has 0 unspecified atom stereocenters. The lowest BCUT2D eigenvalue weighted by Crippen LogP contribution is -2.47. The van der Waals surface area contributed by atoms with Crippen molar-refractivity contribution in [1.82, 2.24) is 9.71 Å². The molecule has 1 N–H and O–H groups in total. The van der Waals surface area contributed by atoms with E-state index in [2.05, 4.69) is 9.71 Å².